The highest BCUT2D eigenvalue weighted by Gasteiger charge is 2.31. The SMILES string of the molecule is CC1CCC(O)(CNCc2ccccc2OC(F)F)CC1. The molecule has 118 valence electrons. The third-order valence-electron chi connectivity index (χ3n) is 4.16. The van der Waals surface area contributed by atoms with Gasteiger partial charge in [-0.05, 0) is 37.7 Å². The highest BCUT2D eigenvalue weighted by molar-refractivity contribution is 5.33. The van der Waals surface area contributed by atoms with Crippen molar-refractivity contribution in [2.75, 3.05) is 6.54 Å². The van der Waals surface area contributed by atoms with Crippen molar-refractivity contribution in [1.29, 1.82) is 0 Å². The van der Waals surface area contributed by atoms with E-state index in [0.717, 1.165) is 25.7 Å². The van der Waals surface area contributed by atoms with Crippen molar-refractivity contribution in [2.24, 2.45) is 5.92 Å². The first-order valence-electron chi connectivity index (χ1n) is 7.44. The second-order valence-electron chi connectivity index (χ2n) is 6.00. The van der Waals surface area contributed by atoms with Crippen LogP contribution >= 0.6 is 0 Å². The lowest BCUT2D eigenvalue weighted by Crippen LogP contribution is -2.43. The Bertz CT molecular complexity index is 446. The zero-order valence-electron chi connectivity index (χ0n) is 12.3. The minimum Gasteiger partial charge on any atom is -0.434 e. The van der Waals surface area contributed by atoms with E-state index in [-0.39, 0.29) is 5.75 Å². The van der Waals surface area contributed by atoms with E-state index in [1.807, 2.05) is 0 Å². The molecular weight excluding hydrogens is 276 g/mol. The van der Waals surface area contributed by atoms with Crippen LogP contribution in [-0.2, 0) is 6.54 Å². The number of ether oxygens (including phenoxy) is 1. The zero-order chi connectivity index (χ0) is 15.3. The van der Waals surface area contributed by atoms with E-state index in [1.165, 1.54) is 6.07 Å². The lowest BCUT2D eigenvalue weighted by molar-refractivity contribution is -0.0506. The molecule has 0 atom stereocenters. The smallest absolute Gasteiger partial charge is 0.387 e. The van der Waals surface area contributed by atoms with Crippen molar-refractivity contribution in [3.8, 4) is 5.75 Å². The molecular formula is C16H23F2NO2. The van der Waals surface area contributed by atoms with Gasteiger partial charge in [0.15, 0.2) is 0 Å². The zero-order valence-corrected chi connectivity index (χ0v) is 12.3. The molecule has 0 spiro atoms. The van der Waals surface area contributed by atoms with Crippen molar-refractivity contribution in [1.82, 2.24) is 5.32 Å². The third kappa shape index (κ3) is 4.93. The van der Waals surface area contributed by atoms with Gasteiger partial charge in [0, 0.05) is 18.7 Å². The van der Waals surface area contributed by atoms with Gasteiger partial charge in [-0.3, -0.25) is 0 Å². The van der Waals surface area contributed by atoms with E-state index in [2.05, 4.69) is 17.0 Å². The first kappa shape index (κ1) is 16.2. The molecule has 3 nitrogen and oxygen atoms in total. The molecule has 0 heterocycles. The quantitative estimate of drug-likeness (QED) is 0.846. The van der Waals surface area contributed by atoms with Crippen LogP contribution in [0.3, 0.4) is 0 Å². The number of halogens is 2. The van der Waals surface area contributed by atoms with Gasteiger partial charge in [0.2, 0.25) is 0 Å². The largest absolute Gasteiger partial charge is 0.434 e. The summed E-state index contributed by atoms with van der Waals surface area (Å²) in [5.74, 6) is 0.856. The van der Waals surface area contributed by atoms with E-state index < -0.39 is 12.2 Å². The number of rotatable bonds is 6. The van der Waals surface area contributed by atoms with Crippen LogP contribution in [0.5, 0.6) is 5.75 Å². The molecule has 0 bridgehead atoms. The Kier molecular flexibility index (Phi) is 5.53. The molecule has 0 aromatic heterocycles. The Labute approximate surface area is 124 Å². The Morgan fingerprint density at radius 1 is 1.33 bits per heavy atom. The number of hydrogen-bond donors (Lipinski definition) is 2. The average Bonchev–Trinajstić information content (AvgIpc) is 2.44. The third-order valence-corrected chi connectivity index (χ3v) is 4.16. The molecule has 0 aliphatic heterocycles. The molecule has 21 heavy (non-hydrogen) atoms. The fourth-order valence-corrected chi connectivity index (χ4v) is 2.77. The van der Waals surface area contributed by atoms with Gasteiger partial charge in [0.25, 0.3) is 0 Å². The van der Waals surface area contributed by atoms with Crippen molar-refractivity contribution in [3.05, 3.63) is 29.8 Å². The van der Waals surface area contributed by atoms with E-state index >= 15 is 0 Å². The normalized spacial score (nSPS) is 26.0. The van der Waals surface area contributed by atoms with E-state index in [1.54, 1.807) is 18.2 Å². The summed E-state index contributed by atoms with van der Waals surface area (Å²) >= 11 is 0. The van der Waals surface area contributed by atoms with E-state index in [4.69, 9.17) is 0 Å². The average molecular weight is 299 g/mol. The van der Waals surface area contributed by atoms with Crippen LogP contribution in [0.4, 0.5) is 8.78 Å². The molecule has 1 fully saturated rings. The number of aliphatic hydroxyl groups is 1. The van der Waals surface area contributed by atoms with Crippen molar-refractivity contribution in [2.45, 2.75) is 51.4 Å². The molecule has 1 aliphatic rings. The summed E-state index contributed by atoms with van der Waals surface area (Å²) < 4.78 is 29.1. The van der Waals surface area contributed by atoms with Gasteiger partial charge in [0.1, 0.15) is 5.75 Å². The van der Waals surface area contributed by atoms with Gasteiger partial charge in [-0.25, -0.2) is 0 Å². The highest BCUT2D eigenvalue weighted by Crippen LogP contribution is 2.31. The maximum absolute atomic E-state index is 12.3. The fourth-order valence-electron chi connectivity index (χ4n) is 2.77. The number of hydrogen-bond acceptors (Lipinski definition) is 3. The summed E-state index contributed by atoms with van der Waals surface area (Å²) in [5.41, 5.74) is -0.00374. The summed E-state index contributed by atoms with van der Waals surface area (Å²) in [5, 5.41) is 13.6. The van der Waals surface area contributed by atoms with Crippen molar-refractivity contribution < 1.29 is 18.6 Å². The topological polar surface area (TPSA) is 41.5 Å². The highest BCUT2D eigenvalue weighted by atomic mass is 19.3. The van der Waals surface area contributed by atoms with Crippen molar-refractivity contribution >= 4 is 0 Å². The van der Waals surface area contributed by atoms with Crippen LogP contribution in [0.1, 0.15) is 38.2 Å². The summed E-state index contributed by atoms with van der Waals surface area (Å²) in [6.45, 7) is 0.254. The maximum atomic E-state index is 12.3. The molecule has 1 aromatic carbocycles. The molecule has 1 saturated carbocycles. The lowest BCUT2D eigenvalue weighted by Gasteiger charge is -2.35. The first-order chi connectivity index (χ1) is 9.98. The van der Waals surface area contributed by atoms with Crippen LogP contribution in [0.25, 0.3) is 0 Å². The van der Waals surface area contributed by atoms with Crippen LogP contribution < -0.4 is 10.1 Å². The van der Waals surface area contributed by atoms with Crippen LogP contribution in [0, 0.1) is 5.92 Å². The van der Waals surface area contributed by atoms with Gasteiger partial charge in [-0.2, -0.15) is 8.78 Å². The monoisotopic (exact) mass is 299 g/mol. The van der Waals surface area contributed by atoms with Gasteiger partial charge < -0.3 is 15.2 Å². The first-order valence-corrected chi connectivity index (χ1v) is 7.44. The van der Waals surface area contributed by atoms with E-state index in [9.17, 15) is 13.9 Å². The summed E-state index contributed by atoms with van der Waals surface area (Å²) in [6.07, 6.45) is 3.64. The Hall–Kier alpha value is -1.20. The van der Waals surface area contributed by atoms with Gasteiger partial charge in [-0.15, -0.1) is 0 Å². The summed E-state index contributed by atoms with van der Waals surface area (Å²) in [4.78, 5) is 0. The summed E-state index contributed by atoms with van der Waals surface area (Å²) in [7, 11) is 0. The van der Waals surface area contributed by atoms with Crippen LogP contribution in [0.2, 0.25) is 0 Å². The Morgan fingerprint density at radius 2 is 2.00 bits per heavy atom. The number of benzene rings is 1. The lowest BCUT2D eigenvalue weighted by atomic mass is 9.79. The predicted molar refractivity (Wildman–Crippen MR) is 77.4 cm³/mol. The molecule has 0 unspecified atom stereocenters. The van der Waals surface area contributed by atoms with Gasteiger partial charge >= 0.3 is 6.61 Å². The molecule has 5 heteroatoms. The van der Waals surface area contributed by atoms with Gasteiger partial charge in [0.05, 0.1) is 5.60 Å². The standard InChI is InChI=1S/C16H23F2NO2/c1-12-6-8-16(20,9-7-12)11-19-10-13-4-2-3-5-14(13)21-15(17)18/h2-5,12,15,19-20H,6-11H2,1H3. The Morgan fingerprint density at radius 3 is 2.67 bits per heavy atom. The second kappa shape index (κ2) is 7.18. The second-order valence-corrected chi connectivity index (χ2v) is 6.00. The molecule has 0 radical (unpaired) electrons. The molecule has 0 saturated heterocycles. The summed E-state index contributed by atoms with van der Waals surface area (Å²) in [6, 6.07) is 6.72. The van der Waals surface area contributed by atoms with Gasteiger partial charge in [-0.1, -0.05) is 25.1 Å². The van der Waals surface area contributed by atoms with E-state index in [0.29, 0.717) is 24.6 Å². The van der Waals surface area contributed by atoms with Crippen molar-refractivity contribution in [3.63, 3.8) is 0 Å². The van der Waals surface area contributed by atoms with Crippen LogP contribution in [0.15, 0.2) is 24.3 Å². The number of alkyl halides is 2. The molecule has 0 amide bonds. The Balaban J connectivity index is 1.86. The minimum atomic E-state index is -2.82. The number of nitrogens with one attached hydrogen (secondary N) is 1. The fraction of sp³-hybridized carbons (Fsp3) is 0.625. The number of para-hydroxylation sites is 1. The maximum Gasteiger partial charge on any atom is 0.387 e. The molecule has 1 aliphatic carbocycles. The molecule has 2 N–H and O–H groups in total. The predicted octanol–water partition coefficient (Wildman–Crippen LogP) is 3.32. The molecule has 1 aromatic rings. The minimum absolute atomic E-state index is 0.184. The van der Waals surface area contributed by atoms with Crippen LogP contribution in [-0.4, -0.2) is 23.9 Å². The molecule has 2 rings (SSSR count).